The van der Waals surface area contributed by atoms with Crippen LogP contribution < -0.4 is 0 Å². The van der Waals surface area contributed by atoms with Crippen molar-refractivity contribution in [2.45, 2.75) is 0 Å². The number of thiophene rings is 1. The van der Waals surface area contributed by atoms with E-state index in [0.29, 0.717) is 17.5 Å². The third-order valence-corrected chi connectivity index (χ3v) is 13.1. The Morgan fingerprint density at radius 2 is 0.574 bits per heavy atom. The van der Waals surface area contributed by atoms with Gasteiger partial charge in [0.2, 0.25) is 0 Å². The van der Waals surface area contributed by atoms with Crippen LogP contribution in [0.5, 0.6) is 0 Å². The lowest BCUT2D eigenvalue weighted by Gasteiger charge is -2.12. The molecule has 61 heavy (non-hydrogen) atoms. The zero-order chi connectivity index (χ0) is 40.3. The van der Waals surface area contributed by atoms with E-state index >= 15 is 0 Å². The number of fused-ring (bicyclic) bond motifs is 9. The van der Waals surface area contributed by atoms with Gasteiger partial charge in [-0.05, 0) is 90.0 Å². The predicted molar refractivity (Wildman–Crippen MR) is 258 cm³/mol. The zero-order valence-corrected chi connectivity index (χ0v) is 33.8. The second-order valence-electron chi connectivity index (χ2n) is 15.6. The van der Waals surface area contributed by atoms with Gasteiger partial charge in [0.05, 0.1) is 0 Å². The number of nitrogens with zero attached hydrogens (tertiary/aromatic N) is 3. The lowest BCUT2D eigenvalue weighted by molar-refractivity contribution is 1.07. The summed E-state index contributed by atoms with van der Waals surface area (Å²) < 4.78 is 2.46. The van der Waals surface area contributed by atoms with E-state index in [1.807, 2.05) is 60.7 Å². The van der Waals surface area contributed by atoms with Crippen molar-refractivity contribution in [3.63, 3.8) is 0 Å². The molecule has 0 aliphatic carbocycles. The van der Waals surface area contributed by atoms with Crippen molar-refractivity contribution in [1.82, 2.24) is 15.0 Å². The summed E-state index contributed by atoms with van der Waals surface area (Å²) in [5.74, 6) is 1.99. The van der Waals surface area contributed by atoms with Gasteiger partial charge in [0.1, 0.15) is 0 Å². The van der Waals surface area contributed by atoms with Crippen molar-refractivity contribution in [2.75, 3.05) is 0 Å². The van der Waals surface area contributed by atoms with Crippen LogP contribution >= 0.6 is 11.3 Å². The third kappa shape index (κ3) is 6.24. The highest BCUT2D eigenvalue weighted by Gasteiger charge is 2.15. The molecule has 0 saturated heterocycles. The first-order valence-electron chi connectivity index (χ1n) is 20.6. The van der Waals surface area contributed by atoms with Crippen molar-refractivity contribution >= 4 is 63.8 Å². The van der Waals surface area contributed by atoms with Gasteiger partial charge in [0.25, 0.3) is 0 Å². The van der Waals surface area contributed by atoms with Crippen molar-refractivity contribution in [2.24, 2.45) is 0 Å². The van der Waals surface area contributed by atoms with Crippen LogP contribution in [-0.2, 0) is 0 Å². The molecule has 4 heteroatoms. The lowest BCUT2D eigenvalue weighted by Crippen LogP contribution is -1.99. The van der Waals surface area contributed by atoms with E-state index in [2.05, 4.69) is 152 Å². The minimum Gasteiger partial charge on any atom is -0.208 e. The minimum atomic E-state index is 0.664. The van der Waals surface area contributed by atoms with Gasteiger partial charge >= 0.3 is 0 Å². The average Bonchev–Trinajstić information content (AvgIpc) is 3.72. The summed E-state index contributed by atoms with van der Waals surface area (Å²) in [5, 5.41) is 10.3. The number of aromatic nitrogens is 3. The summed E-state index contributed by atoms with van der Waals surface area (Å²) in [4.78, 5) is 14.8. The van der Waals surface area contributed by atoms with Gasteiger partial charge in [-0.15, -0.1) is 11.3 Å². The summed E-state index contributed by atoms with van der Waals surface area (Å²) in [7, 11) is 0. The molecule has 0 bridgehead atoms. The Morgan fingerprint density at radius 3 is 1.10 bits per heavy atom. The number of rotatable bonds is 6. The van der Waals surface area contributed by atoms with Gasteiger partial charge in [-0.2, -0.15) is 0 Å². The van der Waals surface area contributed by atoms with Gasteiger partial charge < -0.3 is 0 Å². The molecule has 0 atom stereocenters. The first-order chi connectivity index (χ1) is 30.2. The van der Waals surface area contributed by atoms with E-state index in [1.165, 1.54) is 85.9 Å². The molecular formula is C57H35N3S. The molecule has 0 saturated carbocycles. The quantitative estimate of drug-likeness (QED) is 0.157. The van der Waals surface area contributed by atoms with Crippen LogP contribution in [0.3, 0.4) is 0 Å². The van der Waals surface area contributed by atoms with Gasteiger partial charge in [0, 0.05) is 36.9 Å². The number of benzene rings is 10. The summed E-state index contributed by atoms with van der Waals surface area (Å²) >= 11 is 1.80. The van der Waals surface area contributed by atoms with Crippen molar-refractivity contribution in [1.29, 1.82) is 0 Å². The van der Waals surface area contributed by atoms with Crippen LogP contribution in [0.2, 0.25) is 0 Å². The van der Waals surface area contributed by atoms with Crippen LogP contribution in [0.1, 0.15) is 0 Å². The van der Waals surface area contributed by atoms with Crippen LogP contribution in [-0.4, -0.2) is 15.0 Å². The third-order valence-electron chi connectivity index (χ3n) is 11.9. The standard InChI is InChI=1S/C57H35N3S/c1-3-11-40(12-4-1)55-58-56(41-13-5-2-6-14-41)60-57(59-55)44-28-31-50-52-34-43(29-32-53(52)61-54(50)35-44)39-25-21-37(22-26-39)36-19-23-38(24-20-36)42-27-30-49-47-17-8-7-15-45(47)46-16-9-10-18-48(46)51(49)33-42/h1-35H. The highest BCUT2D eigenvalue weighted by molar-refractivity contribution is 7.25. The van der Waals surface area contributed by atoms with E-state index in [9.17, 15) is 0 Å². The van der Waals surface area contributed by atoms with E-state index < -0.39 is 0 Å². The second-order valence-corrected chi connectivity index (χ2v) is 16.7. The zero-order valence-electron chi connectivity index (χ0n) is 33.0. The molecule has 0 spiro atoms. The Kier molecular flexibility index (Phi) is 8.36. The Hall–Kier alpha value is -7.79. The molecule has 0 N–H and O–H groups in total. The summed E-state index contributed by atoms with van der Waals surface area (Å²) in [6.07, 6.45) is 0. The number of hydrogen-bond acceptors (Lipinski definition) is 4. The molecule has 0 aliphatic rings. The molecule has 0 amide bonds. The SMILES string of the molecule is c1ccc(-c2nc(-c3ccccc3)nc(-c3ccc4c(c3)sc3ccc(-c5ccc(-c6ccc(-c7ccc8c9ccccc9c9ccccc9c8c7)cc6)cc5)cc34)n2)cc1. The fourth-order valence-electron chi connectivity index (χ4n) is 8.83. The molecule has 0 aliphatic heterocycles. The lowest BCUT2D eigenvalue weighted by atomic mass is 9.91. The number of hydrogen-bond donors (Lipinski definition) is 0. The fraction of sp³-hybridized carbons (Fsp3) is 0. The fourth-order valence-corrected chi connectivity index (χ4v) is 9.96. The van der Waals surface area contributed by atoms with E-state index in [4.69, 9.17) is 15.0 Å². The largest absolute Gasteiger partial charge is 0.208 e. The molecule has 0 radical (unpaired) electrons. The summed E-state index contributed by atoms with van der Waals surface area (Å²) in [6, 6.07) is 76.0. The normalized spacial score (nSPS) is 11.6. The van der Waals surface area contributed by atoms with Gasteiger partial charge in [0.15, 0.2) is 17.5 Å². The van der Waals surface area contributed by atoms with Crippen LogP contribution in [0.4, 0.5) is 0 Å². The molecule has 284 valence electrons. The van der Waals surface area contributed by atoms with E-state index in [-0.39, 0.29) is 0 Å². The maximum atomic E-state index is 4.97. The predicted octanol–water partition coefficient (Wildman–Crippen LogP) is 15.7. The monoisotopic (exact) mass is 793 g/mol. The highest BCUT2D eigenvalue weighted by Crippen LogP contribution is 2.40. The minimum absolute atomic E-state index is 0.664. The first kappa shape index (κ1) is 35.2. The molecule has 3 nitrogen and oxygen atoms in total. The second kappa shape index (κ2) is 14.5. The Morgan fingerprint density at radius 1 is 0.213 bits per heavy atom. The maximum absolute atomic E-state index is 4.97. The average molecular weight is 794 g/mol. The molecular weight excluding hydrogens is 759 g/mol. The smallest absolute Gasteiger partial charge is 0.164 e. The van der Waals surface area contributed by atoms with Gasteiger partial charge in [-0.1, -0.05) is 188 Å². The van der Waals surface area contributed by atoms with Crippen molar-refractivity contribution in [3.8, 4) is 67.5 Å². The van der Waals surface area contributed by atoms with Crippen LogP contribution in [0.25, 0.3) is 120 Å². The molecule has 0 fully saturated rings. The molecule has 10 aromatic carbocycles. The van der Waals surface area contributed by atoms with Crippen molar-refractivity contribution < 1.29 is 0 Å². The highest BCUT2D eigenvalue weighted by atomic mass is 32.1. The van der Waals surface area contributed by atoms with E-state index in [1.54, 1.807) is 11.3 Å². The van der Waals surface area contributed by atoms with Crippen molar-refractivity contribution in [3.05, 3.63) is 212 Å². The van der Waals surface area contributed by atoms with Crippen LogP contribution in [0.15, 0.2) is 212 Å². The molecule has 2 aromatic heterocycles. The summed E-state index contributed by atoms with van der Waals surface area (Å²) in [5.41, 5.74) is 10.1. The molecule has 0 unspecified atom stereocenters. The van der Waals surface area contributed by atoms with E-state index in [0.717, 1.165) is 16.7 Å². The Balaban J connectivity index is 0.833. The maximum Gasteiger partial charge on any atom is 0.164 e. The Bertz CT molecular complexity index is 3520. The Labute approximate surface area is 356 Å². The summed E-state index contributed by atoms with van der Waals surface area (Å²) in [6.45, 7) is 0. The first-order valence-corrected chi connectivity index (χ1v) is 21.4. The topological polar surface area (TPSA) is 38.7 Å². The molecule has 12 rings (SSSR count). The van der Waals surface area contributed by atoms with Crippen LogP contribution in [0, 0.1) is 0 Å². The van der Waals surface area contributed by atoms with Gasteiger partial charge in [-0.3, -0.25) is 0 Å². The molecule has 12 aromatic rings. The van der Waals surface area contributed by atoms with Gasteiger partial charge in [-0.25, -0.2) is 15.0 Å². The molecule has 2 heterocycles.